The first-order valence-electron chi connectivity index (χ1n) is 6.98. The van der Waals surface area contributed by atoms with Crippen LogP contribution in [0, 0.1) is 6.92 Å². The number of halogens is 1. The highest BCUT2D eigenvalue weighted by Crippen LogP contribution is 2.29. The lowest BCUT2D eigenvalue weighted by atomic mass is 10.1. The Morgan fingerprint density at radius 2 is 1.80 bits per heavy atom. The van der Waals surface area contributed by atoms with Gasteiger partial charge in [0.15, 0.2) is 0 Å². The van der Waals surface area contributed by atoms with Crippen molar-refractivity contribution in [2.24, 2.45) is 0 Å². The van der Waals surface area contributed by atoms with Crippen LogP contribution in [0.1, 0.15) is 44.4 Å². The first-order valence-corrected chi connectivity index (χ1v) is 9.08. The second kappa shape index (κ2) is 11.5. The highest BCUT2D eigenvalue weighted by atomic mass is 35.5. The van der Waals surface area contributed by atoms with Gasteiger partial charge in [-0.3, -0.25) is 0 Å². The second-order valence-corrected chi connectivity index (χ2v) is 7.47. The molecular weight excluding hydrogens is 310 g/mol. The summed E-state index contributed by atoms with van der Waals surface area (Å²) in [6.45, 7) is 6.50. The fraction of sp³-hybridized carbons (Fsp3) is 0.714. The molecule has 0 fully saturated rings. The van der Waals surface area contributed by atoms with Gasteiger partial charge >= 0.3 is 0 Å². The number of nitrogen functional groups attached to an aromatic ring is 1. The van der Waals surface area contributed by atoms with Crippen LogP contribution < -0.4 is 5.73 Å². The summed E-state index contributed by atoms with van der Waals surface area (Å²) in [6, 6.07) is 0. The van der Waals surface area contributed by atoms with E-state index < -0.39 is 0 Å². The SMILES string of the molecule is CCCSC(CCc1cnc(N)nc1C)SCCC.Cl. The van der Waals surface area contributed by atoms with E-state index in [4.69, 9.17) is 5.73 Å². The van der Waals surface area contributed by atoms with Crippen molar-refractivity contribution in [3.63, 3.8) is 0 Å². The van der Waals surface area contributed by atoms with Crippen LogP contribution in [0.25, 0.3) is 0 Å². The van der Waals surface area contributed by atoms with Crippen molar-refractivity contribution in [1.29, 1.82) is 0 Å². The van der Waals surface area contributed by atoms with Gasteiger partial charge < -0.3 is 5.73 Å². The maximum atomic E-state index is 5.58. The summed E-state index contributed by atoms with van der Waals surface area (Å²) in [5.41, 5.74) is 7.84. The minimum atomic E-state index is 0. The molecule has 0 unspecified atom stereocenters. The van der Waals surface area contributed by atoms with Crippen molar-refractivity contribution < 1.29 is 0 Å². The molecule has 0 saturated carbocycles. The summed E-state index contributed by atoms with van der Waals surface area (Å²) in [5.74, 6) is 2.87. The van der Waals surface area contributed by atoms with Crippen LogP contribution in [0.2, 0.25) is 0 Å². The third-order valence-electron chi connectivity index (χ3n) is 2.76. The average Bonchev–Trinajstić information content (AvgIpc) is 2.39. The van der Waals surface area contributed by atoms with Crippen LogP contribution in [-0.4, -0.2) is 26.1 Å². The zero-order valence-electron chi connectivity index (χ0n) is 12.6. The van der Waals surface area contributed by atoms with Crippen molar-refractivity contribution in [3.8, 4) is 0 Å². The van der Waals surface area contributed by atoms with Gasteiger partial charge in [-0.2, -0.15) is 0 Å². The van der Waals surface area contributed by atoms with E-state index >= 15 is 0 Å². The molecule has 0 saturated heterocycles. The van der Waals surface area contributed by atoms with Gasteiger partial charge in [0, 0.05) is 11.9 Å². The van der Waals surface area contributed by atoms with E-state index in [1.54, 1.807) is 0 Å². The third-order valence-corrected chi connectivity index (χ3v) is 6.08. The normalized spacial score (nSPS) is 10.6. The summed E-state index contributed by atoms with van der Waals surface area (Å²) >= 11 is 4.17. The molecule has 0 aliphatic heterocycles. The Balaban J connectivity index is 0.00000361. The molecule has 0 radical (unpaired) electrons. The smallest absolute Gasteiger partial charge is 0.220 e. The number of aromatic nitrogens is 2. The van der Waals surface area contributed by atoms with Gasteiger partial charge in [0.25, 0.3) is 0 Å². The number of thioether (sulfide) groups is 2. The molecular formula is C14H26ClN3S2. The van der Waals surface area contributed by atoms with Gasteiger partial charge in [0.1, 0.15) is 0 Å². The second-order valence-electron chi connectivity index (χ2n) is 4.55. The quantitative estimate of drug-likeness (QED) is 0.680. The number of anilines is 1. The largest absolute Gasteiger partial charge is 0.368 e. The lowest BCUT2D eigenvalue weighted by molar-refractivity contribution is 0.870. The Morgan fingerprint density at radius 1 is 1.20 bits per heavy atom. The minimum absolute atomic E-state index is 0. The van der Waals surface area contributed by atoms with Crippen LogP contribution >= 0.6 is 35.9 Å². The molecule has 20 heavy (non-hydrogen) atoms. The van der Waals surface area contributed by atoms with E-state index in [1.165, 1.54) is 36.3 Å². The van der Waals surface area contributed by atoms with Crippen molar-refractivity contribution in [2.75, 3.05) is 17.2 Å². The molecule has 2 N–H and O–H groups in total. The molecule has 0 aliphatic carbocycles. The molecule has 1 aromatic heterocycles. The maximum Gasteiger partial charge on any atom is 0.220 e. The fourth-order valence-electron chi connectivity index (χ4n) is 1.74. The van der Waals surface area contributed by atoms with Gasteiger partial charge in [-0.1, -0.05) is 13.8 Å². The summed E-state index contributed by atoms with van der Waals surface area (Å²) in [6.07, 6.45) is 6.60. The van der Waals surface area contributed by atoms with Gasteiger partial charge in [0.05, 0.1) is 4.58 Å². The first kappa shape index (κ1) is 19.9. The summed E-state index contributed by atoms with van der Waals surface area (Å²) in [7, 11) is 0. The molecule has 0 aromatic carbocycles. The van der Waals surface area contributed by atoms with Crippen molar-refractivity contribution >= 4 is 41.9 Å². The van der Waals surface area contributed by atoms with Gasteiger partial charge in [-0.05, 0) is 49.7 Å². The molecule has 116 valence electrons. The van der Waals surface area contributed by atoms with Crippen LogP contribution in [0.5, 0.6) is 0 Å². The molecule has 0 atom stereocenters. The number of nitrogens with two attached hydrogens (primary N) is 1. The zero-order valence-corrected chi connectivity index (χ0v) is 15.0. The molecule has 3 nitrogen and oxygen atoms in total. The van der Waals surface area contributed by atoms with Crippen LogP contribution in [0.15, 0.2) is 6.20 Å². The highest BCUT2D eigenvalue weighted by molar-refractivity contribution is 8.17. The minimum Gasteiger partial charge on any atom is -0.368 e. The number of rotatable bonds is 9. The third kappa shape index (κ3) is 7.60. The topological polar surface area (TPSA) is 51.8 Å². The predicted molar refractivity (Wildman–Crippen MR) is 96.0 cm³/mol. The standard InChI is InChI=1S/C14H25N3S2.ClH/c1-4-8-18-13(19-9-5-2)7-6-12-10-16-14(15)17-11(12)3;/h10,13H,4-9H2,1-3H3,(H2,15,16,17);1H. The molecule has 6 heteroatoms. The summed E-state index contributed by atoms with van der Waals surface area (Å²) in [4.78, 5) is 8.32. The average molecular weight is 336 g/mol. The van der Waals surface area contributed by atoms with Crippen molar-refractivity contribution in [3.05, 3.63) is 17.5 Å². The van der Waals surface area contributed by atoms with E-state index in [0.717, 1.165) is 12.1 Å². The monoisotopic (exact) mass is 335 g/mol. The van der Waals surface area contributed by atoms with E-state index in [-0.39, 0.29) is 12.4 Å². The Labute approximate surface area is 137 Å². The molecule has 1 aromatic rings. The molecule has 0 spiro atoms. The van der Waals surface area contributed by atoms with Gasteiger partial charge in [-0.25, -0.2) is 9.97 Å². The summed E-state index contributed by atoms with van der Waals surface area (Å²) in [5, 5.41) is 0. The molecule has 0 aliphatic rings. The predicted octanol–water partition coefficient (Wildman–Crippen LogP) is 4.33. The van der Waals surface area contributed by atoms with E-state index in [2.05, 4.69) is 47.3 Å². The number of nitrogens with zero attached hydrogens (tertiary/aromatic N) is 2. The van der Waals surface area contributed by atoms with Gasteiger partial charge in [0.2, 0.25) is 5.95 Å². The van der Waals surface area contributed by atoms with E-state index in [1.807, 2.05) is 13.1 Å². The molecule has 0 bridgehead atoms. The highest BCUT2D eigenvalue weighted by Gasteiger charge is 2.11. The lowest BCUT2D eigenvalue weighted by Gasteiger charge is -2.16. The molecule has 0 amide bonds. The Morgan fingerprint density at radius 3 is 2.30 bits per heavy atom. The maximum absolute atomic E-state index is 5.58. The van der Waals surface area contributed by atoms with E-state index in [9.17, 15) is 0 Å². The van der Waals surface area contributed by atoms with E-state index in [0.29, 0.717) is 10.5 Å². The zero-order chi connectivity index (χ0) is 14.1. The van der Waals surface area contributed by atoms with Crippen LogP contribution in [0.3, 0.4) is 0 Å². The van der Waals surface area contributed by atoms with Crippen LogP contribution in [-0.2, 0) is 6.42 Å². The number of hydrogen-bond donors (Lipinski definition) is 1. The Kier molecular flexibility index (Phi) is 11.4. The van der Waals surface area contributed by atoms with Crippen molar-refractivity contribution in [2.45, 2.75) is 51.0 Å². The van der Waals surface area contributed by atoms with Crippen LogP contribution in [0.4, 0.5) is 5.95 Å². The van der Waals surface area contributed by atoms with Crippen molar-refractivity contribution in [1.82, 2.24) is 9.97 Å². The fourth-order valence-corrected chi connectivity index (χ4v) is 4.27. The number of aryl methyl sites for hydroxylation is 2. The summed E-state index contributed by atoms with van der Waals surface area (Å²) < 4.78 is 0.692. The lowest BCUT2D eigenvalue weighted by Crippen LogP contribution is -2.05. The Bertz CT molecular complexity index is 369. The Hall–Kier alpha value is -0.130. The number of hydrogen-bond acceptors (Lipinski definition) is 5. The molecule has 1 heterocycles. The first-order chi connectivity index (χ1) is 9.17. The molecule has 1 rings (SSSR count). The van der Waals surface area contributed by atoms with Gasteiger partial charge in [-0.15, -0.1) is 35.9 Å².